The molecule has 3 aromatic rings. The number of methoxy groups -OCH3 is 1. The van der Waals surface area contributed by atoms with E-state index in [0.29, 0.717) is 27.1 Å². The molecule has 1 amide bonds. The molecule has 2 aromatic carbocycles. The summed E-state index contributed by atoms with van der Waals surface area (Å²) in [6.07, 6.45) is 4.76. The first-order chi connectivity index (χ1) is 15.5. The molecule has 9 heteroatoms. The zero-order chi connectivity index (χ0) is 22.5. The van der Waals surface area contributed by atoms with Gasteiger partial charge in [-0.25, -0.2) is 0 Å². The average Bonchev–Trinajstić information content (AvgIpc) is 3.41. The first kappa shape index (κ1) is 21.9. The van der Waals surface area contributed by atoms with E-state index in [9.17, 15) is 9.90 Å². The molecule has 0 radical (unpaired) electrons. The van der Waals surface area contributed by atoms with Crippen LogP contribution in [0.1, 0.15) is 16.9 Å². The standard InChI is InChI=1S/C23H18BrN3O4S/c1-30-20-7-3-2-5-15(20)13-25-26-23-27(14-18-6-4-10-31-18)22(29)21(32-23)12-16-11-17(24)8-9-19(16)28/h2-13,28H,14H2,1H3/b21-12-,25-13+,26-23-. The van der Waals surface area contributed by atoms with Gasteiger partial charge in [0, 0.05) is 15.6 Å². The Morgan fingerprint density at radius 1 is 1.19 bits per heavy atom. The van der Waals surface area contributed by atoms with Gasteiger partial charge in [-0.1, -0.05) is 28.1 Å². The number of carbonyl (C=O) groups excluding carboxylic acids is 1. The molecule has 0 spiro atoms. The molecule has 1 aromatic heterocycles. The summed E-state index contributed by atoms with van der Waals surface area (Å²) < 4.78 is 11.5. The number of para-hydroxylation sites is 1. The SMILES string of the molecule is COc1ccccc1/C=N/N=C1\S/C(=C\c2cc(Br)ccc2O)C(=O)N1Cc1ccco1. The van der Waals surface area contributed by atoms with Crippen LogP contribution in [0.25, 0.3) is 6.08 Å². The van der Waals surface area contributed by atoms with Crippen LogP contribution in [0.2, 0.25) is 0 Å². The fraction of sp³-hybridized carbons (Fsp3) is 0.0870. The Bertz CT molecular complexity index is 1220. The van der Waals surface area contributed by atoms with Crippen LogP contribution < -0.4 is 4.74 Å². The second-order valence-corrected chi connectivity index (χ2v) is 8.58. The number of nitrogens with zero attached hydrogens (tertiary/aromatic N) is 3. The Hall–Kier alpha value is -3.30. The summed E-state index contributed by atoms with van der Waals surface area (Å²) >= 11 is 4.56. The van der Waals surface area contributed by atoms with Crippen molar-refractivity contribution >= 4 is 51.1 Å². The minimum absolute atomic E-state index is 0.0752. The predicted octanol–water partition coefficient (Wildman–Crippen LogP) is 5.26. The van der Waals surface area contributed by atoms with E-state index >= 15 is 0 Å². The van der Waals surface area contributed by atoms with E-state index < -0.39 is 0 Å². The van der Waals surface area contributed by atoms with Crippen LogP contribution in [0.4, 0.5) is 0 Å². The van der Waals surface area contributed by atoms with Crippen molar-refractivity contribution in [2.75, 3.05) is 7.11 Å². The van der Waals surface area contributed by atoms with Gasteiger partial charge in [-0.2, -0.15) is 5.10 Å². The minimum Gasteiger partial charge on any atom is -0.507 e. The number of furan rings is 1. The van der Waals surface area contributed by atoms with E-state index in [-0.39, 0.29) is 18.2 Å². The molecule has 0 saturated carbocycles. The predicted molar refractivity (Wildman–Crippen MR) is 129 cm³/mol. The third kappa shape index (κ3) is 4.95. The van der Waals surface area contributed by atoms with Crippen LogP contribution in [-0.4, -0.2) is 34.4 Å². The van der Waals surface area contributed by atoms with Crippen molar-refractivity contribution in [3.8, 4) is 11.5 Å². The van der Waals surface area contributed by atoms with Crippen LogP contribution in [-0.2, 0) is 11.3 Å². The molecule has 1 fully saturated rings. The van der Waals surface area contributed by atoms with Crippen molar-refractivity contribution in [2.45, 2.75) is 6.54 Å². The Morgan fingerprint density at radius 3 is 2.81 bits per heavy atom. The van der Waals surface area contributed by atoms with Gasteiger partial charge in [0.25, 0.3) is 5.91 Å². The highest BCUT2D eigenvalue weighted by molar-refractivity contribution is 9.10. The van der Waals surface area contributed by atoms with Crippen LogP contribution in [0, 0.1) is 0 Å². The molecule has 1 saturated heterocycles. The number of amides is 1. The summed E-state index contributed by atoms with van der Waals surface area (Å²) in [4.78, 5) is 15.0. The van der Waals surface area contributed by atoms with E-state index in [1.54, 1.807) is 56.0 Å². The van der Waals surface area contributed by atoms with Crippen LogP contribution in [0.3, 0.4) is 0 Å². The number of hydrogen-bond acceptors (Lipinski definition) is 7. The highest BCUT2D eigenvalue weighted by Crippen LogP contribution is 2.35. The molecule has 4 rings (SSSR count). The number of rotatable bonds is 6. The summed E-state index contributed by atoms with van der Waals surface area (Å²) in [7, 11) is 1.59. The number of amidine groups is 1. The van der Waals surface area contributed by atoms with E-state index in [0.717, 1.165) is 10.0 Å². The Kier molecular flexibility index (Phi) is 6.77. The first-order valence-corrected chi connectivity index (χ1v) is 11.1. The summed E-state index contributed by atoms with van der Waals surface area (Å²) in [6, 6.07) is 16.0. The van der Waals surface area contributed by atoms with E-state index in [1.165, 1.54) is 16.7 Å². The second-order valence-electron chi connectivity index (χ2n) is 6.65. The second kappa shape index (κ2) is 9.88. The summed E-state index contributed by atoms with van der Waals surface area (Å²) in [6.45, 7) is 0.212. The normalized spacial score (nSPS) is 16.6. The largest absolute Gasteiger partial charge is 0.507 e. The first-order valence-electron chi connectivity index (χ1n) is 9.51. The van der Waals surface area contributed by atoms with E-state index in [1.807, 2.05) is 24.3 Å². The fourth-order valence-corrected chi connectivity index (χ4v) is 4.28. The van der Waals surface area contributed by atoms with E-state index in [4.69, 9.17) is 9.15 Å². The Morgan fingerprint density at radius 2 is 2.03 bits per heavy atom. The van der Waals surface area contributed by atoms with Crippen molar-refractivity contribution in [2.24, 2.45) is 10.2 Å². The van der Waals surface area contributed by atoms with Crippen molar-refractivity contribution in [3.63, 3.8) is 0 Å². The molecule has 1 N–H and O–H groups in total. The summed E-state index contributed by atoms with van der Waals surface area (Å²) in [5.74, 6) is 1.11. The lowest BCUT2D eigenvalue weighted by Gasteiger charge is -2.12. The highest BCUT2D eigenvalue weighted by Gasteiger charge is 2.34. The topological polar surface area (TPSA) is 87.6 Å². The number of phenols is 1. The Labute approximate surface area is 197 Å². The zero-order valence-corrected chi connectivity index (χ0v) is 19.3. The van der Waals surface area contributed by atoms with Gasteiger partial charge in [0.15, 0.2) is 5.17 Å². The summed E-state index contributed by atoms with van der Waals surface area (Å²) in [5.41, 5.74) is 1.29. The lowest BCUT2D eigenvalue weighted by Crippen LogP contribution is -2.28. The number of phenolic OH excluding ortho intramolecular Hbond substituents is 1. The van der Waals surface area contributed by atoms with Crippen molar-refractivity contribution in [3.05, 3.63) is 87.1 Å². The van der Waals surface area contributed by atoms with Gasteiger partial charge in [-0.15, -0.1) is 5.10 Å². The summed E-state index contributed by atoms with van der Waals surface area (Å²) in [5, 5.41) is 19.0. The third-order valence-corrected chi connectivity index (χ3v) is 6.03. The molecular weight excluding hydrogens is 494 g/mol. The van der Waals surface area contributed by atoms with Gasteiger partial charge in [-0.05, 0) is 60.3 Å². The fourth-order valence-electron chi connectivity index (χ4n) is 2.98. The molecule has 0 unspecified atom stereocenters. The number of hydrogen-bond donors (Lipinski definition) is 1. The zero-order valence-electron chi connectivity index (χ0n) is 16.9. The maximum Gasteiger partial charge on any atom is 0.267 e. The molecule has 0 atom stereocenters. The smallest absolute Gasteiger partial charge is 0.267 e. The maximum absolute atomic E-state index is 13.1. The number of benzene rings is 2. The molecule has 1 aliphatic heterocycles. The van der Waals surface area contributed by atoms with Gasteiger partial charge < -0.3 is 14.3 Å². The number of halogens is 1. The van der Waals surface area contributed by atoms with Gasteiger partial charge in [-0.3, -0.25) is 9.69 Å². The van der Waals surface area contributed by atoms with Gasteiger partial charge in [0.1, 0.15) is 17.3 Å². The van der Waals surface area contributed by atoms with Crippen LogP contribution >= 0.6 is 27.7 Å². The van der Waals surface area contributed by atoms with Gasteiger partial charge in [0.05, 0.1) is 31.0 Å². The maximum atomic E-state index is 13.1. The molecule has 0 aliphatic carbocycles. The lowest BCUT2D eigenvalue weighted by molar-refractivity contribution is -0.122. The van der Waals surface area contributed by atoms with Crippen LogP contribution in [0.15, 0.2) is 84.9 Å². The third-order valence-electron chi connectivity index (χ3n) is 4.54. The average molecular weight is 512 g/mol. The molecule has 162 valence electrons. The highest BCUT2D eigenvalue weighted by atomic mass is 79.9. The number of thioether (sulfide) groups is 1. The quantitative estimate of drug-likeness (QED) is 0.277. The minimum atomic E-state index is -0.253. The van der Waals surface area contributed by atoms with Gasteiger partial charge >= 0.3 is 0 Å². The van der Waals surface area contributed by atoms with Crippen molar-refractivity contribution < 1.29 is 19.1 Å². The number of aromatic hydroxyl groups is 1. The molecule has 32 heavy (non-hydrogen) atoms. The molecule has 1 aliphatic rings. The molecular formula is C23H18BrN3O4S. The number of carbonyl (C=O) groups is 1. The van der Waals surface area contributed by atoms with Crippen LogP contribution in [0.5, 0.6) is 11.5 Å². The van der Waals surface area contributed by atoms with Crippen molar-refractivity contribution in [1.29, 1.82) is 0 Å². The number of ether oxygens (including phenoxy) is 1. The lowest BCUT2D eigenvalue weighted by atomic mass is 10.2. The Balaban J connectivity index is 1.66. The molecule has 2 heterocycles. The molecule has 0 bridgehead atoms. The van der Waals surface area contributed by atoms with Gasteiger partial charge in [0.2, 0.25) is 0 Å². The monoisotopic (exact) mass is 511 g/mol. The van der Waals surface area contributed by atoms with E-state index in [2.05, 4.69) is 26.1 Å². The van der Waals surface area contributed by atoms with Crippen molar-refractivity contribution in [1.82, 2.24) is 4.90 Å². The molecule has 7 nitrogen and oxygen atoms in total.